The number of carboxylic acid groups (broad SMARTS) is 1. The van der Waals surface area contributed by atoms with E-state index in [0.29, 0.717) is 0 Å². The minimum absolute atomic E-state index is 0.0676. The third-order valence-corrected chi connectivity index (χ3v) is 3.87. The van der Waals surface area contributed by atoms with Crippen LogP contribution in [0.4, 0.5) is 17.6 Å². The summed E-state index contributed by atoms with van der Waals surface area (Å²) in [7, 11) is 0. The number of carbonyl (C=O) groups is 1. The number of aromatic carboxylic acids is 1. The van der Waals surface area contributed by atoms with Gasteiger partial charge in [0.2, 0.25) is 0 Å². The molecule has 2 N–H and O–H groups in total. The third kappa shape index (κ3) is 4.90. The van der Waals surface area contributed by atoms with Gasteiger partial charge in [0.05, 0.1) is 12.5 Å². The first-order valence-corrected chi connectivity index (χ1v) is 7.35. The van der Waals surface area contributed by atoms with Crippen LogP contribution < -0.4 is 0 Å². The van der Waals surface area contributed by atoms with Gasteiger partial charge in [0, 0.05) is 17.1 Å². The second kappa shape index (κ2) is 7.37. The van der Waals surface area contributed by atoms with Gasteiger partial charge in [-0.15, -0.1) is 0 Å². The first kappa shape index (κ1) is 19.1. The Labute approximate surface area is 144 Å². The van der Waals surface area contributed by atoms with Crippen LogP contribution in [0.3, 0.4) is 0 Å². The van der Waals surface area contributed by atoms with Crippen LogP contribution in [0.2, 0.25) is 5.02 Å². The predicted octanol–water partition coefficient (Wildman–Crippen LogP) is 4.34. The maximum Gasteiger partial charge on any atom is 0.389 e. The second-order valence-electron chi connectivity index (χ2n) is 5.32. The van der Waals surface area contributed by atoms with Crippen molar-refractivity contribution in [3.63, 3.8) is 0 Å². The zero-order chi connectivity index (χ0) is 18.8. The van der Waals surface area contributed by atoms with E-state index < -0.39 is 42.1 Å². The Kier molecular flexibility index (Phi) is 5.64. The molecular formula is C16H12ClF4NO3. The minimum Gasteiger partial charge on any atom is -0.477 e. The lowest BCUT2D eigenvalue weighted by molar-refractivity contribution is -0.145. The average Bonchev–Trinajstić information content (AvgIpc) is 2.51. The molecule has 4 nitrogen and oxygen atoms in total. The quantitative estimate of drug-likeness (QED) is 0.760. The van der Waals surface area contributed by atoms with Gasteiger partial charge in [0.25, 0.3) is 0 Å². The van der Waals surface area contributed by atoms with Crippen LogP contribution in [0.15, 0.2) is 36.5 Å². The summed E-state index contributed by atoms with van der Waals surface area (Å²) in [6.45, 7) is 0. The van der Waals surface area contributed by atoms with Crippen molar-refractivity contribution in [2.75, 3.05) is 0 Å². The molecule has 1 aromatic carbocycles. The number of pyridine rings is 1. The lowest BCUT2D eigenvalue weighted by Gasteiger charge is -2.26. The molecule has 2 aromatic rings. The molecule has 1 aromatic heterocycles. The summed E-state index contributed by atoms with van der Waals surface area (Å²) in [6.07, 6.45) is -6.71. The van der Waals surface area contributed by atoms with Gasteiger partial charge in [0.1, 0.15) is 11.5 Å². The highest BCUT2D eigenvalue weighted by atomic mass is 35.5. The molecule has 0 saturated heterocycles. The zero-order valence-electron chi connectivity index (χ0n) is 12.5. The largest absolute Gasteiger partial charge is 0.477 e. The molecule has 0 radical (unpaired) electrons. The van der Waals surface area contributed by atoms with Crippen LogP contribution in [0.25, 0.3) is 0 Å². The van der Waals surface area contributed by atoms with Crippen molar-refractivity contribution in [1.29, 1.82) is 0 Å². The maximum absolute atomic E-state index is 13.2. The van der Waals surface area contributed by atoms with E-state index in [9.17, 15) is 27.5 Å². The molecule has 0 fully saturated rings. The number of aliphatic hydroxyl groups is 1. The van der Waals surface area contributed by atoms with Crippen LogP contribution >= 0.6 is 11.6 Å². The van der Waals surface area contributed by atoms with Crippen LogP contribution in [0, 0.1) is 5.82 Å². The molecule has 0 amide bonds. The molecule has 2 rings (SSSR count). The Morgan fingerprint density at radius 3 is 2.48 bits per heavy atom. The Hall–Kier alpha value is -2.19. The molecule has 0 spiro atoms. The van der Waals surface area contributed by atoms with E-state index in [1.54, 1.807) is 0 Å². The molecular weight excluding hydrogens is 366 g/mol. The van der Waals surface area contributed by atoms with Crippen LogP contribution in [-0.4, -0.2) is 27.3 Å². The molecule has 0 saturated carbocycles. The van der Waals surface area contributed by atoms with Crippen molar-refractivity contribution in [2.45, 2.75) is 24.6 Å². The molecule has 9 heteroatoms. The number of aromatic nitrogens is 1. The molecule has 134 valence electrons. The van der Waals surface area contributed by atoms with Crippen molar-refractivity contribution in [2.24, 2.45) is 0 Å². The van der Waals surface area contributed by atoms with Crippen molar-refractivity contribution < 1.29 is 32.6 Å². The number of nitrogens with zero attached hydrogens (tertiary/aromatic N) is 1. The van der Waals surface area contributed by atoms with Crippen LogP contribution in [0.1, 0.15) is 40.1 Å². The summed E-state index contributed by atoms with van der Waals surface area (Å²) in [5.41, 5.74) is -0.587. The van der Waals surface area contributed by atoms with Gasteiger partial charge in [-0.2, -0.15) is 13.2 Å². The van der Waals surface area contributed by atoms with Crippen molar-refractivity contribution >= 4 is 17.6 Å². The van der Waals surface area contributed by atoms with E-state index in [1.165, 1.54) is 6.07 Å². The average molecular weight is 378 g/mol. The van der Waals surface area contributed by atoms with Gasteiger partial charge in [0.15, 0.2) is 0 Å². The zero-order valence-corrected chi connectivity index (χ0v) is 13.2. The number of aliphatic hydroxyl groups excluding tert-OH is 1. The lowest BCUT2D eigenvalue weighted by Crippen LogP contribution is -2.20. The highest BCUT2D eigenvalue weighted by Crippen LogP contribution is 2.42. The Morgan fingerprint density at radius 1 is 1.24 bits per heavy atom. The van der Waals surface area contributed by atoms with Gasteiger partial charge in [-0.3, -0.25) is 0 Å². The molecule has 0 aliphatic carbocycles. The van der Waals surface area contributed by atoms with E-state index in [0.717, 1.165) is 30.5 Å². The Balaban J connectivity index is 2.47. The summed E-state index contributed by atoms with van der Waals surface area (Å²) in [5.74, 6) is -3.66. The summed E-state index contributed by atoms with van der Waals surface area (Å²) in [6, 6.07) is 5.04. The molecule has 1 heterocycles. The first-order valence-electron chi connectivity index (χ1n) is 6.97. The molecule has 2 atom stereocenters. The summed E-state index contributed by atoms with van der Waals surface area (Å²) < 4.78 is 52.0. The topological polar surface area (TPSA) is 70.4 Å². The van der Waals surface area contributed by atoms with E-state index >= 15 is 0 Å². The summed E-state index contributed by atoms with van der Waals surface area (Å²) in [4.78, 5) is 14.5. The number of halogens is 5. The fraction of sp³-hybridized carbons (Fsp3) is 0.250. The molecule has 0 bridgehead atoms. The number of benzene rings is 1. The third-order valence-electron chi connectivity index (χ3n) is 3.54. The predicted molar refractivity (Wildman–Crippen MR) is 81.0 cm³/mol. The Bertz CT molecular complexity index is 782. The van der Waals surface area contributed by atoms with Crippen LogP contribution in [-0.2, 0) is 0 Å². The first-order chi connectivity index (χ1) is 11.6. The molecule has 2 unspecified atom stereocenters. The van der Waals surface area contributed by atoms with Crippen molar-refractivity contribution in [1.82, 2.24) is 4.98 Å². The van der Waals surface area contributed by atoms with E-state index in [1.807, 2.05) is 0 Å². The number of hydrogen-bond acceptors (Lipinski definition) is 3. The van der Waals surface area contributed by atoms with E-state index in [2.05, 4.69) is 4.98 Å². The smallest absolute Gasteiger partial charge is 0.389 e. The van der Waals surface area contributed by atoms with Gasteiger partial charge in [-0.25, -0.2) is 14.2 Å². The summed E-state index contributed by atoms with van der Waals surface area (Å²) >= 11 is 5.84. The monoisotopic (exact) mass is 377 g/mol. The van der Waals surface area contributed by atoms with Gasteiger partial charge in [-0.1, -0.05) is 17.7 Å². The normalized spacial score (nSPS) is 14.2. The number of hydrogen-bond donors (Lipinski definition) is 2. The van der Waals surface area contributed by atoms with E-state index in [-0.39, 0.29) is 16.1 Å². The molecule has 0 aliphatic heterocycles. The van der Waals surface area contributed by atoms with Crippen molar-refractivity contribution in [3.8, 4) is 0 Å². The molecule has 25 heavy (non-hydrogen) atoms. The molecule has 0 aliphatic rings. The number of alkyl halides is 3. The highest BCUT2D eigenvalue weighted by molar-refractivity contribution is 6.31. The van der Waals surface area contributed by atoms with Gasteiger partial charge < -0.3 is 10.2 Å². The van der Waals surface area contributed by atoms with Gasteiger partial charge >= 0.3 is 12.1 Å². The van der Waals surface area contributed by atoms with Gasteiger partial charge in [-0.05, 0) is 35.4 Å². The number of carboxylic acids is 1. The fourth-order valence-electron chi connectivity index (χ4n) is 2.42. The Morgan fingerprint density at radius 2 is 1.92 bits per heavy atom. The second-order valence-corrected chi connectivity index (χ2v) is 5.72. The minimum atomic E-state index is -4.63. The summed E-state index contributed by atoms with van der Waals surface area (Å²) in [5, 5.41) is 19.1. The highest BCUT2D eigenvalue weighted by Gasteiger charge is 2.37. The maximum atomic E-state index is 13.2. The lowest BCUT2D eigenvalue weighted by atomic mass is 9.86. The van der Waals surface area contributed by atoms with E-state index in [4.69, 9.17) is 16.7 Å². The fourth-order valence-corrected chi connectivity index (χ4v) is 2.73. The van der Waals surface area contributed by atoms with Crippen molar-refractivity contribution in [3.05, 3.63) is 64.2 Å². The number of rotatable bonds is 5. The SMILES string of the molecule is O=C(O)c1cc(C(O)C(CC(F)(F)F)c2ccc(F)cc2Cl)ccn1. The van der Waals surface area contributed by atoms with Crippen LogP contribution in [0.5, 0.6) is 0 Å². The standard InChI is InChI=1S/C16H12ClF4NO3/c17-12-6-9(18)1-2-10(12)11(7-16(19,20)21)14(23)8-3-4-22-13(5-8)15(24)25/h1-6,11,14,23H,7H2,(H,24,25).